The standard InChI is InChI=1S/C21H34N8O5/c1-12(2)18(24-21(33)34)20(32)23-10-17(30)29-11-14(13-6-4-3-5-7-13)8-15(29)19(31)22-9-16-25-27-28-26-16/h12-15,18,24H,3-11H2,1-2H3,(H,22,31)(H,23,32)(H,33,34)(H,25,26,27,28)/t14-,15+,18?/m1/s1. The molecule has 13 heteroatoms. The van der Waals surface area contributed by atoms with Crippen LogP contribution in [0.15, 0.2) is 0 Å². The van der Waals surface area contributed by atoms with Crippen molar-refractivity contribution in [3.63, 3.8) is 0 Å². The van der Waals surface area contributed by atoms with Crippen molar-refractivity contribution in [2.24, 2.45) is 17.8 Å². The van der Waals surface area contributed by atoms with Gasteiger partial charge in [-0.2, -0.15) is 5.21 Å². The van der Waals surface area contributed by atoms with Crippen LogP contribution in [0, 0.1) is 17.8 Å². The zero-order chi connectivity index (χ0) is 24.7. The summed E-state index contributed by atoms with van der Waals surface area (Å²) in [6.07, 6.45) is 4.98. The van der Waals surface area contributed by atoms with E-state index in [2.05, 4.69) is 36.6 Å². The van der Waals surface area contributed by atoms with Crippen LogP contribution in [-0.2, 0) is 20.9 Å². The van der Waals surface area contributed by atoms with E-state index >= 15 is 0 Å². The van der Waals surface area contributed by atoms with Gasteiger partial charge in [-0.05, 0) is 24.2 Å². The minimum Gasteiger partial charge on any atom is -0.465 e. The molecule has 1 aromatic rings. The first kappa shape index (κ1) is 25.4. The number of carboxylic acid groups (broad SMARTS) is 1. The van der Waals surface area contributed by atoms with E-state index in [4.69, 9.17) is 5.11 Å². The summed E-state index contributed by atoms with van der Waals surface area (Å²) < 4.78 is 0. The molecule has 0 bridgehead atoms. The van der Waals surface area contributed by atoms with Crippen molar-refractivity contribution in [3.05, 3.63) is 5.82 Å². The number of nitrogens with one attached hydrogen (secondary N) is 4. The van der Waals surface area contributed by atoms with Crippen LogP contribution >= 0.6 is 0 Å². The number of aromatic amines is 1. The van der Waals surface area contributed by atoms with Gasteiger partial charge in [-0.1, -0.05) is 51.2 Å². The molecule has 0 aromatic carbocycles. The Kier molecular flexibility index (Phi) is 8.77. The first-order chi connectivity index (χ1) is 16.3. The highest BCUT2D eigenvalue weighted by Gasteiger charge is 2.42. The van der Waals surface area contributed by atoms with Crippen LogP contribution in [0.2, 0.25) is 0 Å². The van der Waals surface area contributed by atoms with E-state index in [-0.39, 0.29) is 36.7 Å². The fourth-order valence-corrected chi connectivity index (χ4v) is 4.92. The van der Waals surface area contributed by atoms with Gasteiger partial charge in [0.15, 0.2) is 5.82 Å². The maximum absolute atomic E-state index is 13.1. The summed E-state index contributed by atoms with van der Waals surface area (Å²) in [5, 5.41) is 29.9. The molecule has 34 heavy (non-hydrogen) atoms. The van der Waals surface area contributed by atoms with Gasteiger partial charge in [-0.15, -0.1) is 10.2 Å². The second kappa shape index (κ2) is 11.7. The molecule has 1 aliphatic carbocycles. The average molecular weight is 479 g/mol. The molecule has 1 aliphatic heterocycles. The van der Waals surface area contributed by atoms with Crippen molar-refractivity contribution in [3.8, 4) is 0 Å². The number of nitrogens with zero attached hydrogens (tertiary/aromatic N) is 4. The number of H-pyrrole nitrogens is 1. The number of carbonyl (C=O) groups excluding carboxylic acids is 3. The lowest BCUT2D eigenvalue weighted by Gasteiger charge is -2.27. The van der Waals surface area contributed by atoms with Gasteiger partial charge in [0.2, 0.25) is 17.7 Å². The van der Waals surface area contributed by atoms with Crippen LogP contribution in [0.5, 0.6) is 0 Å². The van der Waals surface area contributed by atoms with E-state index < -0.39 is 24.1 Å². The number of tetrazole rings is 1. The zero-order valence-electron chi connectivity index (χ0n) is 19.6. The summed E-state index contributed by atoms with van der Waals surface area (Å²) in [5.41, 5.74) is 0. The predicted molar refractivity (Wildman–Crippen MR) is 119 cm³/mol. The summed E-state index contributed by atoms with van der Waals surface area (Å²) in [6, 6.07) is -1.63. The Morgan fingerprint density at radius 3 is 2.47 bits per heavy atom. The van der Waals surface area contributed by atoms with Gasteiger partial charge in [-0.3, -0.25) is 14.4 Å². The van der Waals surface area contributed by atoms with E-state index in [0.717, 1.165) is 25.7 Å². The van der Waals surface area contributed by atoms with Crippen molar-refractivity contribution in [2.45, 2.75) is 71.0 Å². The third kappa shape index (κ3) is 6.64. The topological polar surface area (TPSA) is 182 Å². The summed E-state index contributed by atoms with van der Waals surface area (Å²) >= 11 is 0. The highest BCUT2D eigenvalue weighted by Crippen LogP contribution is 2.37. The predicted octanol–water partition coefficient (Wildman–Crippen LogP) is 0.0217. The Bertz CT molecular complexity index is 855. The maximum Gasteiger partial charge on any atom is 0.405 e. The molecule has 5 N–H and O–H groups in total. The normalized spacial score (nSPS) is 21.8. The van der Waals surface area contributed by atoms with E-state index in [9.17, 15) is 19.2 Å². The third-order valence-electron chi connectivity index (χ3n) is 6.72. The SMILES string of the molecule is CC(C)C(NC(=O)O)C(=O)NCC(=O)N1C[C@H](C2CCCCC2)C[C@H]1C(=O)NCc1nn[nH]n1. The first-order valence-electron chi connectivity index (χ1n) is 11.8. The summed E-state index contributed by atoms with van der Waals surface area (Å²) in [4.78, 5) is 51.1. The molecule has 188 valence electrons. The Morgan fingerprint density at radius 1 is 1.12 bits per heavy atom. The van der Waals surface area contributed by atoms with Crippen molar-refractivity contribution in [1.29, 1.82) is 0 Å². The molecule has 13 nitrogen and oxygen atoms in total. The summed E-state index contributed by atoms with van der Waals surface area (Å²) in [5.74, 6) is -0.508. The lowest BCUT2D eigenvalue weighted by atomic mass is 9.79. The number of hydrogen-bond donors (Lipinski definition) is 5. The molecule has 1 saturated carbocycles. The van der Waals surface area contributed by atoms with Crippen LogP contribution < -0.4 is 16.0 Å². The van der Waals surface area contributed by atoms with Gasteiger partial charge >= 0.3 is 6.09 Å². The van der Waals surface area contributed by atoms with Gasteiger partial charge in [0, 0.05) is 6.54 Å². The molecule has 2 fully saturated rings. The third-order valence-corrected chi connectivity index (χ3v) is 6.72. The number of likely N-dealkylation sites (tertiary alicyclic amines) is 1. The molecule has 0 spiro atoms. The molecule has 1 unspecified atom stereocenters. The van der Waals surface area contributed by atoms with E-state index in [1.165, 1.54) is 6.42 Å². The van der Waals surface area contributed by atoms with Crippen LogP contribution in [0.4, 0.5) is 4.79 Å². The second-order valence-electron chi connectivity index (χ2n) is 9.39. The monoisotopic (exact) mass is 478 g/mol. The minimum atomic E-state index is -1.31. The van der Waals surface area contributed by atoms with Crippen LogP contribution in [-0.4, -0.2) is 79.6 Å². The van der Waals surface area contributed by atoms with Gasteiger partial charge in [0.1, 0.15) is 12.1 Å². The van der Waals surface area contributed by atoms with Crippen LogP contribution in [0.1, 0.15) is 58.2 Å². The van der Waals surface area contributed by atoms with Crippen molar-refractivity contribution >= 4 is 23.8 Å². The Balaban J connectivity index is 1.64. The van der Waals surface area contributed by atoms with E-state index in [1.807, 2.05) is 0 Å². The highest BCUT2D eigenvalue weighted by molar-refractivity contribution is 5.92. The van der Waals surface area contributed by atoms with Crippen LogP contribution in [0.3, 0.4) is 0 Å². The van der Waals surface area contributed by atoms with Crippen molar-refractivity contribution in [1.82, 2.24) is 41.5 Å². The average Bonchev–Trinajstić information content (AvgIpc) is 3.50. The van der Waals surface area contributed by atoms with Gasteiger partial charge in [0.25, 0.3) is 0 Å². The molecule has 3 rings (SSSR count). The van der Waals surface area contributed by atoms with E-state index in [1.54, 1.807) is 18.7 Å². The smallest absolute Gasteiger partial charge is 0.405 e. The summed E-state index contributed by atoms with van der Waals surface area (Å²) in [7, 11) is 0. The lowest BCUT2D eigenvalue weighted by Crippen LogP contribution is -2.53. The number of amides is 4. The van der Waals surface area contributed by atoms with Gasteiger partial charge in [-0.25, -0.2) is 4.79 Å². The quantitative estimate of drug-likeness (QED) is 0.329. The number of hydrogen-bond acceptors (Lipinski definition) is 7. The fraction of sp³-hybridized carbons (Fsp3) is 0.762. The number of aromatic nitrogens is 4. The maximum atomic E-state index is 13.1. The molecule has 2 aliphatic rings. The van der Waals surface area contributed by atoms with E-state index in [0.29, 0.717) is 24.7 Å². The molecule has 3 atom stereocenters. The molecule has 4 amide bonds. The van der Waals surface area contributed by atoms with Gasteiger partial charge in [0.05, 0.1) is 13.1 Å². The second-order valence-corrected chi connectivity index (χ2v) is 9.39. The van der Waals surface area contributed by atoms with Crippen LogP contribution in [0.25, 0.3) is 0 Å². The summed E-state index contributed by atoms with van der Waals surface area (Å²) in [6.45, 7) is 3.66. The molecule has 1 saturated heterocycles. The van der Waals surface area contributed by atoms with Gasteiger partial charge < -0.3 is 26.0 Å². The molecule has 1 aromatic heterocycles. The number of rotatable bonds is 9. The van der Waals surface area contributed by atoms with Crippen molar-refractivity contribution < 1.29 is 24.3 Å². The molecular formula is C21H34N8O5. The Hall–Kier alpha value is -3.25. The molecule has 2 heterocycles. The van der Waals surface area contributed by atoms with Crippen molar-refractivity contribution in [2.75, 3.05) is 13.1 Å². The number of carbonyl (C=O) groups is 4. The highest BCUT2D eigenvalue weighted by atomic mass is 16.4. The minimum absolute atomic E-state index is 0.0929. The molecule has 0 radical (unpaired) electrons. The lowest BCUT2D eigenvalue weighted by molar-refractivity contribution is -0.139. The Morgan fingerprint density at radius 2 is 1.85 bits per heavy atom. The largest absolute Gasteiger partial charge is 0.465 e. The molecular weight excluding hydrogens is 444 g/mol. The Labute approximate surface area is 197 Å². The fourth-order valence-electron chi connectivity index (χ4n) is 4.92. The zero-order valence-corrected chi connectivity index (χ0v) is 19.6. The first-order valence-corrected chi connectivity index (χ1v) is 11.8.